The van der Waals surface area contributed by atoms with E-state index in [1.165, 1.54) is 36.0 Å². The Balaban J connectivity index is 1.30. The van der Waals surface area contributed by atoms with Crippen molar-refractivity contribution in [3.63, 3.8) is 0 Å². The van der Waals surface area contributed by atoms with Crippen LogP contribution in [0.5, 0.6) is 0 Å². The van der Waals surface area contributed by atoms with Crippen molar-refractivity contribution in [3.8, 4) is 11.1 Å². The summed E-state index contributed by atoms with van der Waals surface area (Å²) in [5, 5.41) is 0.614. The lowest BCUT2D eigenvalue weighted by molar-refractivity contribution is -0.137. The molecule has 0 atom stereocenters. The molecule has 2 heterocycles. The average molecular weight is 662 g/mol. The fraction of sp³-hybridized carbons (Fsp3) is 0.306. The summed E-state index contributed by atoms with van der Waals surface area (Å²) in [7, 11) is 2.05. The number of imidazole rings is 1. The van der Waals surface area contributed by atoms with Crippen LogP contribution in [0.25, 0.3) is 11.1 Å². The van der Waals surface area contributed by atoms with E-state index in [9.17, 15) is 22.4 Å². The number of nitrogens with zero attached hydrogens (tertiary/aromatic N) is 5. The van der Waals surface area contributed by atoms with Crippen LogP contribution in [-0.2, 0) is 44.4 Å². The molecule has 0 saturated carbocycles. The predicted molar refractivity (Wildman–Crippen MR) is 176 cm³/mol. The van der Waals surface area contributed by atoms with E-state index in [2.05, 4.69) is 33.0 Å². The molecule has 0 spiro atoms. The zero-order valence-electron chi connectivity index (χ0n) is 26.2. The third kappa shape index (κ3) is 7.52. The first kappa shape index (κ1) is 32.7. The van der Waals surface area contributed by atoms with Gasteiger partial charge in [0.25, 0.3) is 5.56 Å². The molecule has 5 aromatic rings. The highest BCUT2D eigenvalue weighted by Gasteiger charge is 2.30. The van der Waals surface area contributed by atoms with E-state index in [4.69, 9.17) is 4.98 Å². The summed E-state index contributed by atoms with van der Waals surface area (Å²) >= 11 is 1.46. The lowest BCUT2D eigenvalue weighted by Gasteiger charge is -2.20. The van der Waals surface area contributed by atoms with Gasteiger partial charge in [0, 0.05) is 36.3 Å². The van der Waals surface area contributed by atoms with Crippen molar-refractivity contribution in [1.82, 2.24) is 24.0 Å². The lowest BCUT2D eigenvalue weighted by Crippen LogP contribution is -2.24. The first-order valence-electron chi connectivity index (χ1n) is 15.6. The Bertz CT molecular complexity index is 1900. The number of benzene rings is 3. The minimum absolute atomic E-state index is 0.183. The van der Waals surface area contributed by atoms with E-state index in [-0.39, 0.29) is 11.4 Å². The third-order valence-electron chi connectivity index (χ3n) is 8.61. The fourth-order valence-electron chi connectivity index (χ4n) is 5.85. The van der Waals surface area contributed by atoms with Gasteiger partial charge in [-0.3, -0.25) is 4.79 Å². The summed E-state index contributed by atoms with van der Waals surface area (Å²) in [4.78, 5) is 24.6. The van der Waals surface area contributed by atoms with Gasteiger partial charge in [0.15, 0.2) is 5.16 Å². The monoisotopic (exact) mass is 661 g/mol. The molecule has 0 fully saturated rings. The Labute approximate surface area is 275 Å². The maximum atomic E-state index is 13.5. The van der Waals surface area contributed by atoms with Crippen LogP contribution in [0.1, 0.15) is 52.8 Å². The second-order valence-corrected chi connectivity index (χ2v) is 12.8. The van der Waals surface area contributed by atoms with Crippen molar-refractivity contribution in [2.24, 2.45) is 0 Å². The van der Waals surface area contributed by atoms with Crippen LogP contribution in [0, 0.1) is 5.82 Å². The largest absolute Gasteiger partial charge is 0.416 e. The fourth-order valence-corrected chi connectivity index (χ4v) is 6.82. The number of fused-ring (bicyclic) bond motifs is 1. The molecule has 6 rings (SSSR count). The van der Waals surface area contributed by atoms with Gasteiger partial charge in [-0.05, 0) is 79.4 Å². The topological polar surface area (TPSA) is 56.0 Å². The molecule has 244 valence electrons. The van der Waals surface area contributed by atoms with E-state index in [0.717, 1.165) is 71.0 Å². The zero-order chi connectivity index (χ0) is 33.1. The van der Waals surface area contributed by atoms with Gasteiger partial charge in [-0.2, -0.15) is 18.2 Å². The molecule has 0 amide bonds. The van der Waals surface area contributed by atoms with Gasteiger partial charge in [-0.15, -0.1) is 0 Å². The number of rotatable bonds is 11. The SMILES string of the molecule is CCN(C)Cc1cnc(Cn2c(SCc3ccc(F)cc3)nc(=O)c3c2CCC3)n1Cc1ccc(-c2ccc(C(F)(F)F)cc2)cc1. The van der Waals surface area contributed by atoms with Crippen molar-refractivity contribution in [2.45, 2.75) is 62.9 Å². The van der Waals surface area contributed by atoms with Gasteiger partial charge >= 0.3 is 6.18 Å². The highest BCUT2D eigenvalue weighted by Crippen LogP contribution is 2.31. The molecule has 1 aliphatic rings. The summed E-state index contributed by atoms with van der Waals surface area (Å²) in [5.41, 5.74) is 5.45. The number of thioether (sulfide) groups is 1. The van der Waals surface area contributed by atoms with Crippen molar-refractivity contribution in [3.05, 3.63) is 135 Å². The van der Waals surface area contributed by atoms with Gasteiger partial charge in [-0.1, -0.05) is 67.2 Å². The molecule has 0 bridgehead atoms. The Hall–Kier alpha value is -4.22. The average Bonchev–Trinajstić information content (AvgIpc) is 3.70. The van der Waals surface area contributed by atoms with Gasteiger partial charge in [0.05, 0.1) is 17.8 Å². The molecule has 0 unspecified atom stereocenters. The van der Waals surface area contributed by atoms with Gasteiger partial charge in [0.2, 0.25) is 0 Å². The summed E-state index contributed by atoms with van der Waals surface area (Å²) in [5.74, 6) is 1.08. The van der Waals surface area contributed by atoms with Crippen LogP contribution in [0.2, 0.25) is 0 Å². The number of hydrogen-bond acceptors (Lipinski definition) is 5. The second kappa shape index (κ2) is 13.9. The molecule has 0 N–H and O–H groups in total. The molecule has 0 saturated heterocycles. The third-order valence-corrected chi connectivity index (χ3v) is 9.66. The first-order chi connectivity index (χ1) is 22.6. The smallest absolute Gasteiger partial charge is 0.325 e. The Morgan fingerprint density at radius 2 is 1.53 bits per heavy atom. The van der Waals surface area contributed by atoms with Crippen LogP contribution in [0.3, 0.4) is 0 Å². The molecule has 3 aromatic carbocycles. The molecule has 0 aliphatic heterocycles. The molecular weight excluding hydrogens is 626 g/mol. The molecule has 0 radical (unpaired) electrons. The van der Waals surface area contributed by atoms with Crippen LogP contribution in [0.4, 0.5) is 17.6 Å². The summed E-state index contributed by atoms with van der Waals surface area (Å²) in [6, 6.07) is 19.4. The highest BCUT2D eigenvalue weighted by atomic mass is 32.2. The zero-order valence-corrected chi connectivity index (χ0v) is 27.0. The van der Waals surface area contributed by atoms with E-state index in [0.29, 0.717) is 42.5 Å². The van der Waals surface area contributed by atoms with Gasteiger partial charge in [-0.25, -0.2) is 9.37 Å². The molecule has 47 heavy (non-hydrogen) atoms. The summed E-state index contributed by atoms with van der Waals surface area (Å²) in [6.07, 6.45) is -0.0861. The number of halogens is 4. The maximum absolute atomic E-state index is 13.5. The molecule has 2 aromatic heterocycles. The quantitative estimate of drug-likeness (QED) is 0.0830. The minimum atomic E-state index is -4.37. The molecule has 6 nitrogen and oxygen atoms in total. The second-order valence-electron chi connectivity index (χ2n) is 11.8. The number of hydrogen-bond donors (Lipinski definition) is 0. The van der Waals surface area contributed by atoms with E-state index < -0.39 is 11.7 Å². The minimum Gasteiger partial charge on any atom is -0.325 e. The van der Waals surface area contributed by atoms with Crippen LogP contribution < -0.4 is 5.56 Å². The Morgan fingerprint density at radius 1 is 0.872 bits per heavy atom. The van der Waals surface area contributed by atoms with Gasteiger partial charge < -0.3 is 14.0 Å². The van der Waals surface area contributed by atoms with Crippen molar-refractivity contribution in [1.29, 1.82) is 0 Å². The summed E-state index contributed by atoms with van der Waals surface area (Å²) < 4.78 is 56.9. The predicted octanol–water partition coefficient (Wildman–Crippen LogP) is 7.59. The van der Waals surface area contributed by atoms with Crippen molar-refractivity contribution < 1.29 is 17.6 Å². The maximum Gasteiger partial charge on any atom is 0.416 e. The Morgan fingerprint density at radius 3 is 2.19 bits per heavy atom. The first-order valence-corrected chi connectivity index (χ1v) is 16.6. The molecular formula is C36H35F4N5OS. The lowest BCUT2D eigenvalue weighted by atomic mass is 10.0. The molecule has 1 aliphatic carbocycles. The van der Waals surface area contributed by atoms with Crippen molar-refractivity contribution in [2.75, 3.05) is 13.6 Å². The molecule has 11 heteroatoms. The van der Waals surface area contributed by atoms with E-state index in [1.807, 2.05) is 30.5 Å². The van der Waals surface area contributed by atoms with Crippen molar-refractivity contribution >= 4 is 11.8 Å². The van der Waals surface area contributed by atoms with Crippen LogP contribution >= 0.6 is 11.8 Å². The van der Waals surface area contributed by atoms with E-state index >= 15 is 0 Å². The van der Waals surface area contributed by atoms with Crippen LogP contribution in [-0.4, -0.2) is 37.6 Å². The Kier molecular flexibility index (Phi) is 9.65. The van der Waals surface area contributed by atoms with E-state index in [1.54, 1.807) is 12.1 Å². The van der Waals surface area contributed by atoms with Gasteiger partial charge in [0.1, 0.15) is 11.6 Å². The number of alkyl halides is 3. The summed E-state index contributed by atoms with van der Waals surface area (Å²) in [6.45, 7) is 4.63. The van der Waals surface area contributed by atoms with Crippen LogP contribution in [0.15, 0.2) is 88.9 Å². The number of aromatic nitrogens is 4. The standard InChI is InChI=1S/C36H35F4N5OS/c1-3-43(2)21-30-19-41-33(44(30)20-24-7-11-26(12-8-24)27-13-15-28(16-14-27)36(38,39)40)22-45-32-6-4-5-31(32)34(46)42-35(45)47-23-25-9-17-29(37)18-10-25/h7-19H,3-6,20-23H2,1-2H3. The highest BCUT2D eigenvalue weighted by molar-refractivity contribution is 7.98. The normalized spacial score (nSPS) is 13.0.